The lowest BCUT2D eigenvalue weighted by atomic mass is 9.82. The predicted molar refractivity (Wildman–Crippen MR) is 189 cm³/mol. The number of nitrogens with two attached hydrogens (primary N) is 1. The van der Waals surface area contributed by atoms with E-state index >= 15 is 0 Å². The lowest BCUT2D eigenvalue weighted by Gasteiger charge is -2.35. The summed E-state index contributed by atoms with van der Waals surface area (Å²) in [6, 6.07) is 9.89. The van der Waals surface area contributed by atoms with E-state index in [0.29, 0.717) is 24.1 Å². The summed E-state index contributed by atoms with van der Waals surface area (Å²) < 4.78 is 9.79. The van der Waals surface area contributed by atoms with Crippen molar-refractivity contribution in [1.82, 2.24) is 4.58 Å². The maximum atomic E-state index is 13.6. The van der Waals surface area contributed by atoms with Gasteiger partial charge in [-0.25, -0.2) is 9.37 Å². The van der Waals surface area contributed by atoms with Gasteiger partial charge in [0.05, 0.1) is 11.1 Å². The molecule has 8 rings (SSSR count). The standard InChI is InChI=1S/C41H47N3O4/c42-18-6-2-1-3-15-35(45)26-16-17-29(41(46)47)32(23-26)36-33-24-27-11-4-7-19-43-21-9-13-30(37(27)43)39(33)48-40-31-14-10-22-44-20-8-5-12-28(38(31)44)25-34(36)40/h16-17,23-25H,1-15,18-22,42H2/p+1. The zero-order valence-electron chi connectivity index (χ0n) is 28.2. The van der Waals surface area contributed by atoms with Gasteiger partial charge in [0.2, 0.25) is 5.36 Å². The molecule has 0 saturated carbocycles. The van der Waals surface area contributed by atoms with Crippen molar-refractivity contribution >= 4 is 23.0 Å². The molecule has 5 aliphatic rings. The molecule has 0 unspecified atom stereocenters. The fourth-order valence-electron chi connectivity index (χ4n) is 9.16. The number of aryl methyl sites for hydroxylation is 2. The van der Waals surface area contributed by atoms with Crippen LogP contribution in [0, 0.1) is 0 Å². The number of rotatable bonds is 9. The molecular weight excluding hydrogens is 598 g/mol. The van der Waals surface area contributed by atoms with Crippen molar-refractivity contribution in [3.63, 3.8) is 0 Å². The Kier molecular flexibility index (Phi) is 8.58. The van der Waals surface area contributed by atoms with Crippen LogP contribution in [0.3, 0.4) is 0 Å². The van der Waals surface area contributed by atoms with E-state index in [1.807, 2.05) is 6.07 Å². The van der Waals surface area contributed by atoms with Gasteiger partial charge in [-0.3, -0.25) is 4.79 Å². The highest BCUT2D eigenvalue weighted by Gasteiger charge is 2.36. The van der Waals surface area contributed by atoms with Crippen LogP contribution in [0.15, 0.2) is 30.3 Å². The highest BCUT2D eigenvalue weighted by atomic mass is 16.5. The van der Waals surface area contributed by atoms with Crippen LogP contribution in [0.2, 0.25) is 0 Å². The van der Waals surface area contributed by atoms with Crippen molar-refractivity contribution in [3.05, 3.63) is 85.4 Å². The molecule has 7 nitrogen and oxygen atoms in total. The minimum Gasteiger partial charge on any atom is -0.478 e. The number of hydrogen-bond donors (Lipinski definition) is 2. The Balaban J connectivity index is 1.40. The first-order valence-corrected chi connectivity index (χ1v) is 18.6. The first-order chi connectivity index (χ1) is 23.5. The second-order valence-electron chi connectivity index (χ2n) is 14.5. The molecule has 0 atom stereocenters. The summed E-state index contributed by atoms with van der Waals surface area (Å²) in [4.78, 5) is 29.2. The Morgan fingerprint density at radius 1 is 0.792 bits per heavy atom. The van der Waals surface area contributed by atoms with Crippen LogP contribution in [0.4, 0.5) is 5.69 Å². The Hall–Kier alpha value is -3.97. The molecule has 3 N–H and O–H groups in total. The number of fused-ring (bicyclic) bond motifs is 4. The Bertz CT molecular complexity index is 1940. The SMILES string of the molecule is NCCCCCCC(=O)c1ccc(C(=O)O)c(C2=c3cc4c5c(c3Oc3c2cc2c6c3CCCN6CCCC2)CCC[N+]=5CCCC4)c1. The van der Waals surface area contributed by atoms with E-state index in [9.17, 15) is 14.7 Å². The van der Waals surface area contributed by atoms with Gasteiger partial charge >= 0.3 is 5.97 Å². The van der Waals surface area contributed by atoms with Gasteiger partial charge in [-0.15, -0.1) is 0 Å². The maximum Gasteiger partial charge on any atom is 0.336 e. The van der Waals surface area contributed by atoms with Crippen molar-refractivity contribution < 1.29 is 19.4 Å². The largest absolute Gasteiger partial charge is 0.478 e. The number of Topliss-reactive ketones (excluding diaryl/α,β-unsaturated/α-hetero) is 1. The van der Waals surface area contributed by atoms with Gasteiger partial charge in [0.25, 0.3) is 0 Å². The minimum absolute atomic E-state index is 0.0642. The zero-order chi connectivity index (χ0) is 32.8. The molecular formula is C41H48N3O4+. The highest BCUT2D eigenvalue weighted by Crippen LogP contribution is 2.48. The first-order valence-electron chi connectivity index (χ1n) is 18.6. The zero-order valence-corrected chi connectivity index (χ0v) is 28.2. The summed E-state index contributed by atoms with van der Waals surface area (Å²) in [5.74, 6) is 0.891. The third-order valence-corrected chi connectivity index (χ3v) is 11.4. The second-order valence-corrected chi connectivity index (χ2v) is 14.5. The molecule has 0 amide bonds. The molecule has 3 aromatic carbocycles. The number of nitrogens with zero attached hydrogens (tertiary/aromatic N) is 2. The first kappa shape index (κ1) is 31.3. The molecule has 0 fully saturated rings. The molecule has 5 aliphatic heterocycles. The molecule has 0 saturated heterocycles. The van der Waals surface area contributed by atoms with Crippen molar-refractivity contribution in [1.29, 1.82) is 0 Å². The average Bonchev–Trinajstić information content (AvgIpc) is 3.44. The average molecular weight is 647 g/mol. The monoisotopic (exact) mass is 646 g/mol. The fourth-order valence-corrected chi connectivity index (χ4v) is 9.16. The summed E-state index contributed by atoms with van der Waals surface area (Å²) in [6.07, 6.45) is 14.9. The van der Waals surface area contributed by atoms with E-state index in [1.165, 1.54) is 46.1 Å². The molecule has 0 aliphatic carbocycles. The van der Waals surface area contributed by atoms with E-state index in [1.54, 1.807) is 12.1 Å². The van der Waals surface area contributed by atoms with Gasteiger partial charge in [0.1, 0.15) is 24.6 Å². The molecule has 250 valence electrons. The van der Waals surface area contributed by atoms with Gasteiger partial charge in [-0.05, 0) is 106 Å². The van der Waals surface area contributed by atoms with Crippen LogP contribution in [-0.4, -0.2) is 49.6 Å². The number of hydrogen-bond acceptors (Lipinski definition) is 5. The molecule has 5 heterocycles. The topological polar surface area (TPSA) is 95.9 Å². The molecule has 0 aromatic heterocycles. The third-order valence-electron chi connectivity index (χ3n) is 11.4. The number of carboxylic acids is 1. The van der Waals surface area contributed by atoms with Crippen LogP contribution in [0.1, 0.15) is 125 Å². The van der Waals surface area contributed by atoms with E-state index < -0.39 is 5.97 Å². The van der Waals surface area contributed by atoms with Crippen molar-refractivity contribution in [2.24, 2.45) is 5.73 Å². The van der Waals surface area contributed by atoms with Gasteiger partial charge in [0.15, 0.2) is 5.78 Å². The number of anilines is 1. The normalized spacial score (nSPS) is 17.7. The Morgan fingerprint density at radius 3 is 2.46 bits per heavy atom. The van der Waals surface area contributed by atoms with Crippen LogP contribution in [0.25, 0.3) is 5.57 Å². The number of unbranched alkanes of at least 4 members (excludes halogenated alkanes) is 3. The number of benzene rings is 3. The lowest BCUT2D eigenvalue weighted by molar-refractivity contribution is 0.0696. The predicted octanol–water partition coefficient (Wildman–Crippen LogP) is 5.69. The van der Waals surface area contributed by atoms with Crippen molar-refractivity contribution in [2.75, 3.05) is 37.6 Å². The summed E-state index contributed by atoms with van der Waals surface area (Å²) in [5.41, 5.74) is 15.6. The molecule has 7 heteroatoms. The number of carbonyl (C=O) groups excluding carboxylic acids is 1. The van der Waals surface area contributed by atoms with Gasteiger partial charge in [-0.2, -0.15) is 0 Å². The minimum atomic E-state index is -0.975. The Morgan fingerprint density at radius 2 is 1.58 bits per heavy atom. The number of ether oxygens (including phenoxy) is 1. The van der Waals surface area contributed by atoms with Crippen molar-refractivity contribution in [3.8, 4) is 11.5 Å². The summed E-state index contributed by atoms with van der Waals surface area (Å²) in [5, 5.41) is 13.0. The summed E-state index contributed by atoms with van der Waals surface area (Å²) >= 11 is 0. The fraction of sp³-hybridized carbons (Fsp3) is 0.488. The summed E-state index contributed by atoms with van der Waals surface area (Å²) in [6.45, 7) is 4.95. The molecule has 0 bridgehead atoms. The van der Waals surface area contributed by atoms with Crippen molar-refractivity contribution in [2.45, 2.75) is 96.3 Å². The van der Waals surface area contributed by atoms with Crippen LogP contribution in [0.5, 0.6) is 11.5 Å². The Labute approximate surface area is 283 Å². The van der Waals surface area contributed by atoms with E-state index in [-0.39, 0.29) is 11.3 Å². The number of carbonyl (C=O) groups is 2. The van der Waals surface area contributed by atoms with Gasteiger partial charge < -0.3 is 20.5 Å². The maximum absolute atomic E-state index is 13.6. The molecule has 0 radical (unpaired) electrons. The van der Waals surface area contributed by atoms with E-state index in [4.69, 9.17) is 10.5 Å². The van der Waals surface area contributed by atoms with E-state index in [0.717, 1.165) is 131 Å². The molecule has 0 spiro atoms. The number of ketones is 1. The van der Waals surface area contributed by atoms with Gasteiger partial charge in [0, 0.05) is 71.1 Å². The van der Waals surface area contributed by atoms with Gasteiger partial charge in [-0.1, -0.05) is 18.9 Å². The highest BCUT2D eigenvalue weighted by molar-refractivity contribution is 6.03. The van der Waals surface area contributed by atoms with Crippen LogP contribution >= 0.6 is 0 Å². The van der Waals surface area contributed by atoms with E-state index in [2.05, 4.69) is 21.6 Å². The smallest absolute Gasteiger partial charge is 0.336 e. The lowest BCUT2D eigenvalue weighted by Crippen LogP contribution is -2.41. The molecule has 48 heavy (non-hydrogen) atoms. The van der Waals surface area contributed by atoms with Crippen LogP contribution in [-0.2, 0) is 25.7 Å². The van der Waals surface area contributed by atoms with Crippen LogP contribution < -0.4 is 30.5 Å². The summed E-state index contributed by atoms with van der Waals surface area (Å²) in [7, 11) is 0. The number of carboxylic acid groups (broad SMARTS) is 1. The molecule has 3 aromatic rings. The second kappa shape index (κ2) is 13.1. The third kappa shape index (κ3) is 5.44. The quantitative estimate of drug-likeness (QED) is 0.138. The number of aromatic carboxylic acids is 1.